The van der Waals surface area contributed by atoms with E-state index < -0.39 is 84.3 Å². The van der Waals surface area contributed by atoms with Crippen LogP contribution in [0.5, 0.6) is 0 Å². The Labute approximate surface area is 244 Å². The third-order valence-electron chi connectivity index (χ3n) is 6.44. The van der Waals surface area contributed by atoms with Crippen molar-refractivity contribution in [3.05, 3.63) is 0 Å². The molecule has 2 rings (SSSR count). The summed E-state index contributed by atoms with van der Waals surface area (Å²) in [4.78, 5) is 11.9. The summed E-state index contributed by atoms with van der Waals surface area (Å²) in [5.74, 6) is 2.10. The minimum atomic E-state index is -5.12. The van der Waals surface area contributed by atoms with E-state index in [-0.39, 0.29) is 6.61 Å². The van der Waals surface area contributed by atoms with Crippen molar-refractivity contribution in [1.29, 1.82) is 0 Å². The molecular weight excluding hydrogens is 594 g/mol. The average Bonchev–Trinajstić information content (AvgIpc) is 2.88. The van der Waals surface area contributed by atoms with E-state index in [2.05, 4.69) is 22.1 Å². The molecule has 0 unspecified atom stereocenters. The molecule has 2 heterocycles. The van der Waals surface area contributed by atoms with Crippen molar-refractivity contribution in [3.63, 3.8) is 0 Å². The third kappa shape index (κ3) is 11.4. The summed E-state index contributed by atoms with van der Waals surface area (Å²) in [5.41, 5.74) is 0. The average molecular weight is 638 g/mol. The molecule has 2 aliphatic heterocycles. The molecule has 0 aromatic rings. The predicted molar refractivity (Wildman–Crippen MR) is 147 cm³/mol. The lowest BCUT2D eigenvalue weighted by Gasteiger charge is -2.47. The van der Waals surface area contributed by atoms with Gasteiger partial charge in [0, 0.05) is 6.92 Å². The molecule has 0 aromatic carbocycles. The number of carbonyl (C=O) groups excluding carboxylic acids is 1. The first kappa shape index (κ1) is 35.9. The van der Waals surface area contributed by atoms with Gasteiger partial charge in [-0.3, -0.25) is 9.35 Å². The highest BCUT2D eigenvalue weighted by molar-refractivity contribution is 7.99. The maximum atomic E-state index is 11.9. The van der Waals surface area contributed by atoms with Crippen molar-refractivity contribution >= 4 is 40.7 Å². The van der Waals surface area contributed by atoms with Crippen molar-refractivity contribution < 1.29 is 61.3 Å². The van der Waals surface area contributed by atoms with Crippen molar-refractivity contribution in [1.82, 2.24) is 5.32 Å². The lowest BCUT2D eigenvalue weighted by Crippen LogP contribution is -2.68. The molecule has 0 bridgehead atoms. The minimum absolute atomic E-state index is 0.265. The lowest BCUT2D eigenvalue weighted by atomic mass is 9.95. The van der Waals surface area contributed by atoms with Crippen LogP contribution < -0.4 is 5.32 Å². The van der Waals surface area contributed by atoms with Crippen LogP contribution in [0.3, 0.4) is 0 Å². The van der Waals surface area contributed by atoms with Gasteiger partial charge in [0.05, 0.1) is 19.3 Å². The van der Waals surface area contributed by atoms with Gasteiger partial charge < -0.3 is 44.7 Å². The molecule has 236 valence electrons. The summed E-state index contributed by atoms with van der Waals surface area (Å²) in [6.07, 6.45) is -7.87. The van der Waals surface area contributed by atoms with Crippen LogP contribution >= 0.6 is 24.4 Å². The van der Waals surface area contributed by atoms with Crippen LogP contribution in [0.15, 0.2) is 0 Å². The highest BCUT2D eigenvalue weighted by Crippen LogP contribution is 2.31. The molecular formula is C23H43NO13S3. The fraction of sp³-hybridized carbons (Fsp3) is 0.957. The van der Waals surface area contributed by atoms with E-state index >= 15 is 0 Å². The second-order valence-corrected chi connectivity index (χ2v) is 12.4. The summed E-state index contributed by atoms with van der Waals surface area (Å²) in [6.45, 7) is 2.08. The van der Waals surface area contributed by atoms with Crippen LogP contribution in [0.1, 0.15) is 46.0 Å². The van der Waals surface area contributed by atoms with Crippen LogP contribution in [0.4, 0.5) is 0 Å². The van der Waals surface area contributed by atoms with Gasteiger partial charge in [-0.15, -0.1) is 0 Å². The van der Waals surface area contributed by atoms with Crippen molar-refractivity contribution in [2.45, 2.75) is 107 Å². The summed E-state index contributed by atoms with van der Waals surface area (Å²) < 4.78 is 59.4. The van der Waals surface area contributed by atoms with E-state index in [9.17, 15) is 38.2 Å². The fourth-order valence-electron chi connectivity index (χ4n) is 4.41. The van der Waals surface area contributed by atoms with Crippen molar-refractivity contribution in [2.75, 3.05) is 30.5 Å². The number of thioether (sulfide) groups is 1. The van der Waals surface area contributed by atoms with E-state index in [0.717, 1.165) is 37.0 Å². The number of thiol groups is 1. The number of amides is 1. The Balaban J connectivity index is 2.03. The maximum Gasteiger partial charge on any atom is 0.397 e. The summed E-state index contributed by atoms with van der Waals surface area (Å²) in [5, 5.41) is 44.1. The number of ether oxygens (including phenoxy) is 4. The first-order chi connectivity index (χ1) is 18.9. The Hall–Kier alpha value is -0.280. The van der Waals surface area contributed by atoms with Crippen LogP contribution in [0.2, 0.25) is 0 Å². The number of aliphatic hydroxyl groups is 4. The summed E-state index contributed by atoms with van der Waals surface area (Å²) in [6, 6.07) is -1.54. The van der Waals surface area contributed by atoms with E-state index in [1.165, 1.54) is 19.8 Å². The Bertz CT molecular complexity index is 854. The topological polar surface area (TPSA) is 211 Å². The lowest BCUT2D eigenvalue weighted by molar-refractivity contribution is -0.342. The Morgan fingerprint density at radius 3 is 2.27 bits per heavy atom. The highest BCUT2D eigenvalue weighted by Gasteiger charge is 2.52. The van der Waals surface area contributed by atoms with Crippen molar-refractivity contribution in [2.24, 2.45) is 0 Å². The number of carbonyl (C=O) groups is 1. The minimum Gasteiger partial charge on any atom is -0.394 e. The van der Waals surface area contributed by atoms with Crippen molar-refractivity contribution in [3.8, 4) is 0 Å². The van der Waals surface area contributed by atoms with Crippen LogP contribution in [0, 0.1) is 0 Å². The fourth-order valence-corrected chi connectivity index (χ4v) is 6.08. The molecule has 14 nitrogen and oxygen atoms in total. The standard InChI is InChI=1S/C23H43NO13S3/c1-13-17(27)21(19(29)23(34-13)33-8-7-11-39-10-6-4-3-5-9-38)36-22-16(24-14(2)26)20(37-40(30,31)32)18(28)15(12-25)35-22/h13,15-23,25,27-29,38H,3-12H2,1-2H3,(H,24,26)(H,30,31,32)/t13-,15+,16+,17+,18+,19-,20+,21+,22-,23+/m0/s1. The Kier molecular flexibility index (Phi) is 15.9. The third-order valence-corrected chi connectivity index (χ3v) is 8.38. The first-order valence-electron chi connectivity index (χ1n) is 13.2. The van der Waals surface area contributed by atoms with Gasteiger partial charge >= 0.3 is 10.4 Å². The molecule has 0 radical (unpaired) electrons. The monoisotopic (exact) mass is 637 g/mol. The zero-order valence-corrected chi connectivity index (χ0v) is 25.1. The van der Waals surface area contributed by atoms with Crippen LogP contribution in [-0.2, 0) is 38.3 Å². The van der Waals surface area contributed by atoms with E-state index in [0.29, 0.717) is 6.42 Å². The zero-order valence-electron chi connectivity index (χ0n) is 22.6. The number of hydrogen-bond donors (Lipinski definition) is 7. The number of rotatable bonds is 17. The van der Waals surface area contributed by atoms with E-state index in [1.54, 1.807) is 11.8 Å². The Morgan fingerprint density at radius 2 is 1.65 bits per heavy atom. The van der Waals surface area contributed by atoms with E-state index in [4.69, 9.17) is 18.9 Å². The summed E-state index contributed by atoms with van der Waals surface area (Å²) in [7, 11) is -5.12. The van der Waals surface area contributed by atoms with E-state index in [1.807, 2.05) is 0 Å². The largest absolute Gasteiger partial charge is 0.397 e. The summed E-state index contributed by atoms with van der Waals surface area (Å²) >= 11 is 6.01. The quantitative estimate of drug-likeness (QED) is 0.0594. The number of aliphatic hydroxyl groups excluding tert-OH is 4. The Morgan fingerprint density at radius 1 is 0.975 bits per heavy atom. The van der Waals surface area contributed by atoms with Gasteiger partial charge in [0.2, 0.25) is 5.91 Å². The smallest absolute Gasteiger partial charge is 0.394 e. The molecule has 2 saturated heterocycles. The van der Waals surface area contributed by atoms with Gasteiger partial charge in [-0.05, 0) is 43.4 Å². The number of hydrogen-bond acceptors (Lipinski definition) is 14. The number of nitrogens with one attached hydrogen (secondary N) is 1. The van der Waals surface area contributed by atoms with Gasteiger partial charge in [-0.25, -0.2) is 4.18 Å². The molecule has 6 N–H and O–H groups in total. The maximum absolute atomic E-state index is 11.9. The van der Waals surface area contributed by atoms with Gasteiger partial charge in [0.25, 0.3) is 0 Å². The molecule has 0 aromatic heterocycles. The van der Waals surface area contributed by atoms with Crippen LogP contribution in [-0.4, -0.2) is 131 Å². The predicted octanol–water partition coefficient (Wildman–Crippen LogP) is -0.761. The second-order valence-electron chi connectivity index (χ2n) is 9.70. The molecule has 2 fully saturated rings. The van der Waals surface area contributed by atoms with Gasteiger partial charge in [-0.1, -0.05) is 12.8 Å². The SMILES string of the molecule is CC(=O)N[C@H]1[C@H](O[C@H]2[C@H](O)[C@H](OCCCSCCCCCCS)O[C@@H](C)[C@H]2O)O[C@H](CO)[C@@H](O)[C@@H]1OS(=O)(=O)O. The van der Waals surface area contributed by atoms with Gasteiger partial charge in [-0.2, -0.15) is 32.8 Å². The van der Waals surface area contributed by atoms with Gasteiger partial charge in [0.15, 0.2) is 12.6 Å². The molecule has 0 saturated carbocycles. The van der Waals surface area contributed by atoms with Crippen LogP contribution in [0.25, 0.3) is 0 Å². The molecule has 0 aliphatic carbocycles. The number of unbranched alkanes of at least 4 members (excludes halogenated alkanes) is 3. The molecule has 17 heteroatoms. The molecule has 1 amide bonds. The first-order valence-corrected chi connectivity index (χ1v) is 16.4. The molecule has 0 spiro atoms. The zero-order chi connectivity index (χ0) is 29.9. The second kappa shape index (κ2) is 17.7. The molecule has 40 heavy (non-hydrogen) atoms. The molecule has 10 atom stereocenters. The van der Waals surface area contributed by atoms with Gasteiger partial charge in [0.1, 0.15) is 42.7 Å². The molecule has 2 aliphatic rings. The normalized spacial score (nSPS) is 35.0. The highest BCUT2D eigenvalue weighted by atomic mass is 32.3.